The van der Waals surface area contributed by atoms with Crippen molar-refractivity contribution < 1.29 is 0 Å². The first-order valence-electron chi connectivity index (χ1n) is 5.65. The summed E-state index contributed by atoms with van der Waals surface area (Å²) in [6, 6.07) is 13.3. The van der Waals surface area contributed by atoms with Crippen molar-refractivity contribution >= 4 is 10.8 Å². The molecule has 0 nitrogen and oxygen atoms in total. The van der Waals surface area contributed by atoms with E-state index in [2.05, 4.69) is 50.2 Å². The summed E-state index contributed by atoms with van der Waals surface area (Å²) in [5, 5.41) is 2.84. The minimum atomic E-state index is 0.451. The minimum absolute atomic E-state index is 0.451. The van der Waals surface area contributed by atoms with Crippen LogP contribution in [0.15, 0.2) is 36.4 Å². The van der Waals surface area contributed by atoms with Crippen LogP contribution in [0.1, 0.15) is 25.0 Å². The first-order chi connectivity index (χ1) is 7.16. The molecule has 76 valence electrons. The number of fused-ring (bicyclic) bond motifs is 3. The van der Waals surface area contributed by atoms with Gasteiger partial charge in [-0.15, -0.1) is 0 Å². The van der Waals surface area contributed by atoms with Crippen LogP contribution in [-0.4, -0.2) is 0 Å². The van der Waals surface area contributed by atoms with E-state index in [-0.39, 0.29) is 0 Å². The predicted octanol–water partition coefficient (Wildman–Crippen LogP) is 3.96. The zero-order valence-corrected chi connectivity index (χ0v) is 9.38. The van der Waals surface area contributed by atoms with Crippen molar-refractivity contribution in [1.29, 1.82) is 0 Å². The van der Waals surface area contributed by atoms with Crippen molar-refractivity contribution in [2.45, 2.75) is 26.7 Å². The molecule has 1 aliphatic rings. The van der Waals surface area contributed by atoms with Gasteiger partial charge in [-0.25, -0.2) is 0 Å². The second-order valence-electron chi connectivity index (χ2n) is 5.44. The highest BCUT2D eigenvalue weighted by atomic mass is 14.3. The van der Waals surface area contributed by atoms with Gasteiger partial charge in [0.25, 0.3) is 0 Å². The van der Waals surface area contributed by atoms with Crippen LogP contribution in [0.25, 0.3) is 10.8 Å². The fourth-order valence-corrected chi connectivity index (χ4v) is 2.81. The molecule has 0 N–H and O–H groups in total. The van der Waals surface area contributed by atoms with E-state index < -0.39 is 0 Å². The van der Waals surface area contributed by atoms with Crippen LogP contribution >= 0.6 is 0 Å². The van der Waals surface area contributed by atoms with Crippen molar-refractivity contribution in [2.24, 2.45) is 5.41 Å². The summed E-state index contributed by atoms with van der Waals surface area (Å²) >= 11 is 0. The summed E-state index contributed by atoms with van der Waals surface area (Å²) in [5.41, 5.74) is 3.59. The Morgan fingerprint density at radius 2 is 1.73 bits per heavy atom. The molecule has 0 radical (unpaired) electrons. The van der Waals surface area contributed by atoms with Crippen molar-refractivity contribution in [3.05, 3.63) is 47.5 Å². The lowest BCUT2D eigenvalue weighted by molar-refractivity contribution is 0.393. The van der Waals surface area contributed by atoms with E-state index in [0.29, 0.717) is 5.41 Å². The van der Waals surface area contributed by atoms with E-state index in [1.54, 1.807) is 11.1 Å². The van der Waals surface area contributed by atoms with Crippen LogP contribution < -0.4 is 0 Å². The summed E-state index contributed by atoms with van der Waals surface area (Å²) in [6.45, 7) is 4.73. The highest BCUT2D eigenvalue weighted by Gasteiger charge is 2.29. The highest BCUT2D eigenvalue weighted by Crippen LogP contribution is 2.39. The normalized spacial score (nSPS) is 18.0. The topological polar surface area (TPSA) is 0 Å². The Hall–Kier alpha value is -1.30. The van der Waals surface area contributed by atoms with Crippen molar-refractivity contribution in [1.82, 2.24) is 0 Å². The average molecular weight is 196 g/mol. The first-order valence-corrected chi connectivity index (χ1v) is 5.65. The van der Waals surface area contributed by atoms with Gasteiger partial charge in [-0.2, -0.15) is 0 Å². The van der Waals surface area contributed by atoms with E-state index in [9.17, 15) is 0 Å². The van der Waals surface area contributed by atoms with Crippen molar-refractivity contribution in [3.8, 4) is 0 Å². The SMILES string of the molecule is CC1(C)Cc2ccc3ccccc3c2C1. The molecule has 0 heteroatoms. The highest BCUT2D eigenvalue weighted by molar-refractivity contribution is 5.87. The standard InChI is InChI=1S/C15H16/c1-15(2)9-12-8-7-11-5-3-4-6-13(11)14(12)10-15/h3-8H,9-10H2,1-2H3. The Balaban J connectivity index is 2.29. The average Bonchev–Trinajstić information content (AvgIpc) is 2.52. The fraction of sp³-hybridized carbons (Fsp3) is 0.333. The molecule has 0 unspecified atom stereocenters. The quantitative estimate of drug-likeness (QED) is 0.598. The molecule has 0 aliphatic heterocycles. The molecular weight excluding hydrogens is 180 g/mol. The van der Waals surface area contributed by atoms with Crippen molar-refractivity contribution in [3.63, 3.8) is 0 Å². The lowest BCUT2D eigenvalue weighted by atomic mass is 9.90. The maximum Gasteiger partial charge on any atom is -0.0149 e. The molecule has 0 fully saturated rings. The molecule has 2 aromatic carbocycles. The molecule has 15 heavy (non-hydrogen) atoms. The van der Waals surface area contributed by atoms with Gasteiger partial charge in [0, 0.05) is 0 Å². The summed E-state index contributed by atoms with van der Waals surface area (Å²) in [7, 11) is 0. The van der Waals surface area contributed by atoms with E-state index >= 15 is 0 Å². The van der Waals surface area contributed by atoms with E-state index in [0.717, 1.165) is 0 Å². The second kappa shape index (κ2) is 2.85. The van der Waals surface area contributed by atoms with Gasteiger partial charge in [0.1, 0.15) is 0 Å². The van der Waals surface area contributed by atoms with Crippen LogP contribution in [0.3, 0.4) is 0 Å². The van der Waals surface area contributed by atoms with Crippen LogP contribution in [0.2, 0.25) is 0 Å². The Morgan fingerprint density at radius 1 is 0.933 bits per heavy atom. The van der Waals surface area contributed by atoms with Gasteiger partial charge < -0.3 is 0 Å². The Morgan fingerprint density at radius 3 is 2.60 bits per heavy atom. The lowest BCUT2D eigenvalue weighted by Gasteiger charge is -2.14. The van der Waals surface area contributed by atoms with Crippen LogP contribution in [0.5, 0.6) is 0 Å². The van der Waals surface area contributed by atoms with Gasteiger partial charge >= 0.3 is 0 Å². The summed E-state index contributed by atoms with van der Waals surface area (Å²) in [5.74, 6) is 0. The lowest BCUT2D eigenvalue weighted by Crippen LogP contribution is -2.09. The summed E-state index contributed by atoms with van der Waals surface area (Å²) < 4.78 is 0. The molecule has 0 amide bonds. The van der Waals surface area contributed by atoms with Gasteiger partial charge in [-0.1, -0.05) is 50.2 Å². The molecule has 0 bridgehead atoms. The maximum atomic E-state index is 2.36. The third kappa shape index (κ3) is 1.36. The fourth-order valence-electron chi connectivity index (χ4n) is 2.81. The zero-order chi connectivity index (χ0) is 10.5. The number of hydrogen-bond donors (Lipinski definition) is 0. The molecule has 1 aliphatic carbocycles. The molecule has 0 atom stereocenters. The van der Waals surface area contributed by atoms with E-state index in [4.69, 9.17) is 0 Å². The van der Waals surface area contributed by atoms with Gasteiger partial charge in [0.2, 0.25) is 0 Å². The minimum Gasteiger partial charge on any atom is -0.0616 e. The maximum absolute atomic E-state index is 2.36. The molecule has 3 rings (SSSR count). The van der Waals surface area contributed by atoms with E-state index in [1.165, 1.54) is 23.6 Å². The predicted molar refractivity (Wildman–Crippen MR) is 65.1 cm³/mol. The Bertz CT molecular complexity index is 521. The molecule has 0 heterocycles. The van der Waals surface area contributed by atoms with Crippen LogP contribution in [0, 0.1) is 5.41 Å². The second-order valence-corrected chi connectivity index (χ2v) is 5.44. The van der Waals surface area contributed by atoms with Crippen LogP contribution in [0.4, 0.5) is 0 Å². The van der Waals surface area contributed by atoms with E-state index in [1.807, 2.05) is 0 Å². The largest absolute Gasteiger partial charge is 0.0616 e. The molecule has 0 aromatic heterocycles. The molecule has 0 saturated heterocycles. The van der Waals surface area contributed by atoms with Crippen molar-refractivity contribution in [2.75, 3.05) is 0 Å². The van der Waals surface area contributed by atoms with Gasteiger partial charge in [0.15, 0.2) is 0 Å². The Labute approximate surface area is 90.9 Å². The Kier molecular flexibility index (Phi) is 1.70. The number of rotatable bonds is 0. The zero-order valence-electron chi connectivity index (χ0n) is 9.38. The molecule has 0 spiro atoms. The summed E-state index contributed by atoms with van der Waals surface area (Å²) in [6.07, 6.45) is 2.46. The molecular formula is C15H16. The molecule has 0 saturated carbocycles. The number of hydrogen-bond acceptors (Lipinski definition) is 0. The summed E-state index contributed by atoms with van der Waals surface area (Å²) in [4.78, 5) is 0. The number of benzene rings is 2. The van der Waals surface area contributed by atoms with Gasteiger partial charge in [-0.05, 0) is 40.2 Å². The smallest absolute Gasteiger partial charge is 0.0149 e. The third-order valence-corrected chi connectivity index (χ3v) is 3.46. The van der Waals surface area contributed by atoms with Gasteiger partial charge in [-0.3, -0.25) is 0 Å². The van der Waals surface area contributed by atoms with Crippen LogP contribution in [-0.2, 0) is 12.8 Å². The van der Waals surface area contributed by atoms with Gasteiger partial charge in [0.05, 0.1) is 0 Å². The first kappa shape index (κ1) is 8.96. The monoisotopic (exact) mass is 196 g/mol. The molecule has 2 aromatic rings. The third-order valence-electron chi connectivity index (χ3n) is 3.46.